The Morgan fingerprint density at radius 1 is 1.23 bits per heavy atom. The highest BCUT2D eigenvalue weighted by atomic mass is 32.1. The Balaban J connectivity index is 2.44. The number of thiazole rings is 1. The van der Waals surface area contributed by atoms with Crippen molar-refractivity contribution in [2.45, 2.75) is 73.5 Å². The number of amides is 1. The van der Waals surface area contributed by atoms with E-state index in [1.165, 1.54) is 0 Å². The molecule has 6 nitrogen and oxygen atoms in total. The molecule has 1 aromatic rings. The predicted molar refractivity (Wildman–Crippen MR) is 143 cm³/mol. The molecule has 0 saturated carbocycles. The van der Waals surface area contributed by atoms with E-state index in [4.69, 9.17) is 0 Å². The molecular weight excluding hydrogens is 460 g/mol. The van der Waals surface area contributed by atoms with Crippen LogP contribution in [0.5, 0.6) is 0 Å². The zero-order valence-corrected chi connectivity index (χ0v) is 23.2. The van der Waals surface area contributed by atoms with E-state index in [1.807, 2.05) is 45.2 Å². The molecule has 0 fully saturated rings. The van der Waals surface area contributed by atoms with E-state index in [9.17, 15) is 19.8 Å². The number of aliphatic hydroxyl groups excluding tert-OH is 2. The number of hydrogen-bond donors (Lipinski definition) is 2. The van der Waals surface area contributed by atoms with E-state index >= 15 is 0 Å². The van der Waals surface area contributed by atoms with Gasteiger partial charge >= 0.3 is 0 Å². The normalized spacial score (nSPS) is 32.3. The fourth-order valence-corrected chi connectivity index (χ4v) is 5.04. The molecule has 35 heavy (non-hydrogen) atoms. The molecule has 2 rings (SSSR count). The predicted octanol–water partition coefficient (Wildman–Crippen LogP) is 4.82. The summed E-state index contributed by atoms with van der Waals surface area (Å²) in [4.78, 5) is 32.4. The number of aliphatic hydroxyl groups is 2. The van der Waals surface area contributed by atoms with Crippen LogP contribution in [0, 0.1) is 30.1 Å². The molecule has 0 spiro atoms. The number of carbonyl (C=O) groups is 2. The van der Waals surface area contributed by atoms with Gasteiger partial charge < -0.3 is 15.1 Å². The number of nitrogens with zero attached hydrogens (tertiary/aromatic N) is 2. The maximum absolute atomic E-state index is 13.2. The van der Waals surface area contributed by atoms with E-state index in [2.05, 4.69) is 17.1 Å². The molecule has 7 heteroatoms. The molecule has 0 radical (unpaired) electrons. The van der Waals surface area contributed by atoms with Gasteiger partial charge in [-0.2, -0.15) is 0 Å². The monoisotopic (exact) mass is 502 g/mol. The molecule has 0 bridgehead atoms. The third-order valence-corrected chi connectivity index (χ3v) is 7.98. The van der Waals surface area contributed by atoms with Crippen LogP contribution in [0.25, 0.3) is 6.08 Å². The topological polar surface area (TPSA) is 90.7 Å². The van der Waals surface area contributed by atoms with Gasteiger partial charge in [0.15, 0.2) is 0 Å². The van der Waals surface area contributed by atoms with Gasteiger partial charge in [0, 0.05) is 30.8 Å². The van der Waals surface area contributed by atoms with Crippen LogP contribution in [0.3, 0.4) is 0 Å². The number of aromatic nitrogens is 1. The Morgan fingerprint density at radius 3 is 2.49 bits per heavy atom. The summed E-state index contributed by atoms with van der Waals surface area (Å²) < 4.78 is 0. The first-order valence-corrected chi connectivity index (χ1v) is 13.2. The number of carbonyl (C=O) groups excluding carboxylic acids is 2. The van der Waals surface area contributed by atoms with Gasteiger partial charge in [-0.1, -0.05) is 57.1 Å². The second-order valence-electron chi connectivity index (χ2n) is 10.7. The molecule has 2 heterocycles. The minimum absolute atomic E-state index is 0.0432. The van der Waals surface area contributed by atoms with E-state index in [0.29, 0.717) is 13.0 Å². The van der Waals surface area contributed by atoms with Crippen molar-refractivity contribution in [3.8, 4) is 0 Å². The van der Waals surface area contributed by atoms with Crippen LogP contribution in [-0.4, -0.2) is 57.6 Å². The molecule has 0 aromatic carbocycles. The number of hydrogen-bond acceptors (Lipinski definition) is 6. The van der Waals surface area contributed by atoms with Gasteiger partial charge in [-0.3, -0.25) is 9.59 Å². The lowest BCUT2D eigenvalue weighted by atomic mass is 9.73. The van der Waals surface area contributed by atoms with Crippen molar-refractivity contribution in [1.29, 1.82) is 0 Å². The van der Waals surface area contributed by atoms with Crippen LogP contribution in [0.4, 0.5) is 0 Å². The summed E-state index contributed by atoms with van der Waals surface area (Å²) in [6.07, 6.45) is 6.74. The molecule has 194 valence electrons. The van der Waals surface area contributed by atoms with Crippen LogP contribution >= 0.6 is 11.3 Å². The zero-order valence-electron chi connectivity index (χ0n) is 22.4. The van der Waals surface area contributed by atoms with Gasteiger partial charge in [0.2, 0.25) is 5.91 Å². The standard InChI is InChI=1S/C28H42N2O4S/c1-17-10-9-11-18(2)26(33)20(4)27(34)28(6,7)24(31)14-25(32)30(8)15-22(12-17)19(3)13-23-16-35-21(5)29-23/h9-10,12-13,16,18,20,22,24,26,31,33H,11,14-15H2,1-8H3/b10-9+,17-12+,19-13+/t18-,20+,22+,24-,26-/m0/s1. The largest absolute Gasteiger partial charge is 0.392 e. The maximum Gasteiger partial charge on any atom is 0.224 e. The summed E-state index contributed by atoms with van der Waals surface area (Å²) in [6.45, 7) is 13.4. The van der Waals surface area contributed by atoms with Crippen LogP contribution in [-0.2, 0) is 9.59 Å². The van der Waals surface area contributed by atoms with Gasteiger partial charge in [-0.05, 0) is 39.2 Å². The van der Waals surface area contributed by atoms with Crippen molar-refractivity contribution in [2.75, 3.05) is 13.6 Å². The average Bonchev–Trinajstić information content (AvgIpc) is 3.20. The first kappa shape index (κ1) is 29.1. The summed E-state index contributed by atoms with van der Waals surface area (Å²) in [6, 6.07) is 0. The smallest absolute Gasteiger partial charge is 0.224 e. The quantitative estimate of drug-likeness (QED) is 0.605. The second-order valence-corrected chi connectivity index (χ2v) is 11.7. The summed E-state index contributed by atoms with van der Waals surface area (Å²) in [7, 11) is 1.73. The molecule has 0 aliphatic carbocycles. The number of Topliss-reactive ketones (excluding diaryl/α,β-unsaturated/α-hetero) is 1. The Hall–Kier alpha value is -2.09. The lowest BCUT2D eigenvalue weighted by molar-refractivity contribution is -0.144. The van der Waals surface area contributed by atoms with Gasteiger partial charge in [0.1, 0.15) is 5.78 Å². The molecule has 0 unspecified atom stereocenters. The third kappa shape index (κ3) is 7.69. The molecule has 0 saturated heterocycles. The first-order valence-electron chi connectivity index (χ1n) is 12.3. The Bertz CT molecular complexity index is 991. The van der Waals surface area contributed by atoms with E-state index in [-0.39, 0.29) is 29.9 Å². The Labute approximate surface area is 214 Å². The lowest BCUT2D eigenvalue weighted by Crippen LogP contribution is -2.46. The highest BCUT2D eigenvalue weighted by Crippen LogP contribution is 2.32. The fraction of sp³-hybridized carbons (Fsp3) is 0.607. The molecule has 1 aliphatic heterocycles. The molecule has 1 aliphatic rings. The van der Waals surface area contributed by atoms with Crippen molar-refractivity contribution in [3.05, 3.63) is 45.5 Å². The average molecular weight is 503 g/mol. The van der Waals surface area contributed by atoms with Gasteiger partial charge in [0.05, 0.1) is 34.7 Å². The van der Waals surface area contributed by atoms with Gasteiger partial charge in [-0.25, -0.2) is 4.98 Å². The van der Waals surface area contributed by atoms with Crippen LogP contribution < -0.4 is 0 Å². The van der Waals surface area contributed by atoms with Crippen molar-refractivity contribution in [2.24, 2.45) is 23.2 Å². The van der Waals surface area contributed by atoms with Crippen LogP contribution in [0.15, 0.2) is 34.8 Å². The summed E-state index contributed by atoms with van der Waals surface area (Å²) >= 11 is 1.60. The van der Waals surface area contributed by atoms with E-state index in [1.54, 1.807) is 44.1 Å². The van der Waals surface area contributed by atoms with Gasteiger partial charge in [-0.15, -0.1) is 11.3 Å². The SMILES string of the molecule is CC1=C\[C@@H](/C(C)=C/c2csc(C)n2)CN(C)C(=O)C[C@H](O)C(C)(C)C(=O)[C@H](C)[C@@H](O)[C@@H](C)C\C=C\1. The van der Waals surface area contributed by atoms with E-state index < -0.39 is 23.5 Å². The molecule has 2 N–H and O–H groups in total. The number of aryl methyl sites for hydroxylation is 1. The molecule has 5 atom stereocenters. The fourth-order valence-electron chi connectivity index (χ4n) is 4.47. The summed E-state index contributed by atoms with van der Waals surface area (Å²) in [5.41, 5.74) is 1.88. The van der Waals surface area contributed by atoms with Gasteiger partial charge in [0.25, 0.3) is 0 Å². The maximum atomic E-state index is 13.2. The molecule has 1 aromatic heterocycles. The third-order valence-electron chi connectivity index (χ3n) is 7.19. The Morgan fingerprint density at radius 2 is 1.89 bits per heavy atom. The zero-order chi connectivity index (χ0) is 26.5. The number of rotatable bonds is 2. The highest BCUT2D eigenvalue weighted by molar-refractivity contribution is 7.09. The first-order chi connectivity index (χ1) is 16.2. The minimum atomic E-state index is -1.16. The molecule has 1 amide bonds. The number of ketones is 1. The Kier molecular flexibility index (Phi) is 10.2. The highest BCUT2D eigenvalue weighted by Gasteiger charge is 2.42. The minimum Gasteiger partial charge on any atom is -0.392 e. The number of allylic oxidation sites excluding steroid dienone is 3. The molecular formula is C28H42N2O4S. The summed E-state index contributed by atoms with van der Waals surface area (Å²) in [5, 5.41) is 24.7. The second kappa shape index (κ2) is 12.2. The van der Waals surface area contributed by atoms with Crippen molar-refractivity contribution < 1.29 is 19.8 Å². The summed E-state index contributed by atoms with van der Waals surface area (Å²) in [5.74, 6) is -1.28. The van der Waals surface area contributed by atoms with Crippen molar-refractivity contribution in [3.63, 3.8) is 0 Å². The van der Waals surface area contributed by atoms with Crippen molar-refractivity contribution >= 4 is 29.1 Å². The van der Waals surface area contributed by atoms with Crippen molar-refractivity contribution in [1.82, 2.24) is 9.88 Å². The van der Waals surface area contributed by atoms with E-state index in [0.717, 1.165) is 21.8 Å². The van der Waals surface area contributed by atoms with Crippen LogP contribution in [0.2, 0.25) is 0 Å². The van der Waals surface area contributed by atoms with Crippen LogP contribution in [0.1, 0.15) is 65.1 Å². The lowest BCUT2D eigenvalue weighted by Gasteiger charge is -2.35.